The Kier molecular flexibility index (Phi) is 8.95. The van der Waals surface area contributed by atoms with Gasteiger partial charge in [-0.1, -0.05) is 72.8 Å². The zero-order valence-electron chi connectivity index (χ0n) is 22.7. The van der Waals surface area contributed by atoms with Gasteiger partial charge in [-0.3, -0.25) is 9.59 Å². The van der Waals surface area contributed by atoms with Crippen LogP contribution in [0.1, 0.15) is 56.4 Å². The van der Waals surface area contributed by atoms with Crippen LogP contribution in [0.4, 0.5) is 0 Å². The molecule has 3 atom stereocenters. The Balaban J connectivity index is 0.000000213. The fourth-order valence-electron chi connectivity index (χ4n) is 4.96. The number of carbonyl (C=O) groups excluding carboxylic acids is 2. The number of aliphatic hydroxyl groups is 2. The van der Waals surface area contributed by atoms with Gasteiger partial charge >= 0.3 is 11.9 Å². The Labute approximate surface area is 245 Å². The highest BCUT2D eigenvalue weighted by Crippen LogP contribution is 2.32. The molecule has 0 bridgehead atoms. The van der Waals surface area contributed by atoms with E-state index in [4.69, 9.17) is 5.26 Å². The number of hydrogen-bond donors (Lipinski definition) is 4. The van der Waals surface area contributed by atoms with Crippen molar-refractivity contribution in [3.8, 4) is 6.07 Å². The van der Waals surface area contributed by atoms with Crippen LogP contribution >= 0.6 is 0 Å². The van der Waals surface area contributed by atoms with Crippen molar-refractivity contribution in [2.24, 2.45) is 0 Å². The minimum absolute atomic E-state index is 0.383. The second-order valence-corrected chi connectivity index (χ2v) is 9.86. The number of carboxylic acid groups (broad SMARTS) is 2. The third kappa shape index (κ3) is 5.70. The maximum atomic E-state index is 12.6. The molecule has 5 rings (SSSR count). The molecule has 1 aliphatic heterocycles. The Morgan fingerprint density at radius 3 is 1.72 bits per heavy atom. The minimum Gasteiger partial charge on any atom is -0.479 e. The van der Waals surface area contributed by atoms with Crippen molar-refractivity contribution in [3.63, 3.8) is 0 Å². The largest absolute Gasteiger partial charge is 0.479 e. The molecule has 11 nitrogen and oxygen atoms in total. The number of nitrogens with zero attached hydrogens (tertiary/aromatic N) is 3. The highest BCUT2D eigenvalue weighted by molar-refractivity contribution is 6.28. The maximum Gasteiger partial charge on any atom is 0.348 e. The van der Waals surface area contributed by atoms with Gasteiger partial charge in [-0.25, -0.2) is 14.6 Å². The van der Waals surface area contributed by atoms with Crippen LogP contribution in [0, 0.1) is 11.3 Å². The number of nitriles is 1. The number of carbonyl (C=O) groups is 4. The molecular formula is C32H27N3O8. The molecule has 0 amide bonds. The van der Waals surface area contributed by atoms with Crippen LogP contribution in [0.2, 0.25) is 0 Å². The molecule has 0 fully saturated rings. The van der Waals surface area contributed by atoms with Crippen molar-refractivity contribution in [2.75, 3.05) is 0 Å². The van der Waals surface area contributed by atoms with Gasteiger partial charge in [0.1, 0.15) is 0 Å². The van der Waals surface area contributed by atoms with Gasteiger partial charge in [0.05, 0.1) is 24.0 Å². The third-order valence-corrected chi connectivity index (χ3v) is 7.29. The lowest BCUT2D eigenvalue weighted by atomic mass is 9.73. The van der Waals surface area contributed by atoms with E-state index in [-0.39, 0.29) is 0 Å². The molecule has 43 heavy (non-hydrogen) atoms. The number of rotatable bonds is 8. The lowest BCUT2D eigenvalue weighted by Gasteiger charge is -2.34. The van der Waals surface area contributed by atoms with Crippen LogP contribution in [0.15, 0.2) is 97.5 Å². The normalized spacial score (nSPS) is 16.5. The monoisotopic (exact) mass is 581 g/mol. The molecule has 0 radical (unpaired) electrons. The number of carboxylic acids is 2. The molecule has 0 unspecified atom stereocenters. The van der Waals surface area contributed by atoms with Crippen molar-refractivity contribution < 1.29 is 39.6 Å². The number of benzene rings is 3. The van der Waals surface area contributed by atoms with Gasteiger partial charge in [-0.05, 0) is 37.0 Å². The summed E-state index contributed by atoms with van der Waals surface area (Å²) >= 11 is 0. The van der Waals surface area contributed by atoms with E-state index in [0.29, 0.717) is 6.04 Å². The zero-order chi connectivity index (χ0) is 31.2. The summed E-state index contributed by atoms with van der Waals surface area (Å²) in [5.41, 5.74) is -5.39. The molecule has 0 spiro atoms. The lowest BCUT2D eigenvalue weighted by molar-refractivity contribution is -0.187. The number of fused-ring (bicyclic) bond motifs is 1. The number of aryl methyl sites for hydroxylation is 1. The van der Waals surface area contributed by atoms with Gasteiger partial charge in [0.25, 0.3) is 11.2 Å². The van der Waals surface area contributed by atoms with E-state index in [2.05, 4.69) is 27.8 Å². The summed E-state index contributed by atoms with van der Waals surface area (Å²) in [5.74, 6) is -8.03. The van der Waals surface area contributed by atoms with Crippen LogP contribution in [0.5, 0.6) is 0 Å². The first-order valence-electron chi connectivity index (χ1n) is 13.2. The standard InChI is InChI=1S/C18H14O8.C14H13N3/c19-13(11-7-3-1-4-8-11)17(25,15(21)22)18(26,16(23)24)14(20)12-9-5-2-6-10-12;15-8-11-4-6-12(7-5-11)14-3-1-2-13-9-16-10-17(13)14/h1-10,25-26H,(H,21,22)(H,23,24);4-7,9-10,14H,1-3H2/t17-,18-;14-/m01/s1. The molecule has 0 aliphatic carbocycles. The summed E-state index contributed by atoms with van der Waals surface area (Å²) in [7, 11) is 0. The molecule has 3 aromatic carbocycles. The quantitative estimate of drug-likeness (QED) is 0.178. The van der Waals surface area contributed by atoms with Gasteiger partial charge < -0.3 is 25.0 Å². The van der Waals surface area contributed by atoms with Crippen LogP contribution in [-0.2, 0) is 16.0 Å². The molecule has 4 N–H and O–H groups in total. The SMILES string of the molecule is N#Cc1ccc([C@H]2CCCc3cncn32)cc1.O=C(O)[C@@](O)(C(=O)c1ccccc1)[C@@](O)(C(=O)O)C(=O)c1ccccc1. The van der Waals surface area contributed by atoms with Gasteiger partial charge in [0, 0.05) is 23.0 Å². The predicted molar refractivity (Wildman–Crippen MR) is 151 cm³/mol. The molecule has 11 heteroatoms. The number of aromatic nitrogens is 2. The zero-order valence-corrected chi connectivity index (χ0v) is 22.7. The average Bonchev–Trinajstić information content (AvgIpc) is 3.53. The highest BCUT2D eigenvalue weighted by atomic mass is 16.5. The van der Waals surface area contributed by atoms with Crippen LogP contribution in [-0.4, -0.2) is 64.7 Å². The van der Waals surface area contributed by atoms with Gasteiger partial charge in [0.2, 0.25) is 11.6 Å². The van der Waals surface area contributed by atoms with Crippen molar-refractivity contribution in [3.05, 3.63) is 125 Å². The fourth-order valence-corrected chi connectivity index (χ4v) is 4.96. The van der Waals surface area contributed by atoms with E-state index in [9.17, 15) is 39.6 Å². The van der Waals surface area contributed by atoms with E-state index in [1.54, 1.807) is 0 Å². The van der Waals surface area contributed by atoms with Gasteiger partial charge in [0.15, 0.2) is 0 Å². The van der Waals surface area contributed by atoms with E-state index in [1.165, 1.54) is 54.1 Å². The molecule has 1 aromatic heterocycles. The molecule has 218 valence electrons. The Morgan fingerprint density at radius 2 is 1.28 bits per heavy atom. The van der Waals surface area contributed by atoms with E-state index in [1.807, 2.05) is 24.7 Å². The first-order valence-corrected chi connectivity index (χ1v) is 13.2. The molecule has 0 saturated heterocycles. The number of aliphatic carboxylic acids is 2. The summed E-state index contributed by atoms with van der Waals surface area (Å²) in [6, 6.07) is 23.2. The summed E-state index contributed by atoms with van der Waals surface area (Å²) < 4.78 is 2.25. The van der Waals surface area contributed by atoms with Crippen LogP contribution < -0.4 is 0 Å². The van der Waals surface area contributed by atoms with Gasteiger partial charge in [-0.15, -0.1) is 0 Å². The first kappa shape index (κ1) is 30.5. The Morgan fingerprint density at radius 1 is 0.791 bits per heavy atom. The third-order valence-electron chi connectivity index (χ3n) is 7.29. The van der Waals surface area contributed by atoms with Crippen LogP contribution in [0.3, 0.4) is 0 Å². The topological polar surface area (TPSA) is 191 Å². The summed E-state index contributed by atoms with van der Waals surface area (Å²) in [6.07, 6.45) is 7.34. The summed E-state index contributed by atoms with van der Waals surface area (Å²) in [4.78, 5) is 52.8. The average molecular weight is 582 g/mol. The molecule has 1 aliphatic rings. The van der Waals surface area contributed by atoms with E-state index < -0.39 is 45.8 Å². The van der Waals surface area contributed by atoms with Crippen molar-refractivity contribution in [1.29, 1.82) is 5.26 Å². The number of ketones is 2. The molecule has 2 heterocycles. The number of hydrogen-bond acceptors (Lipinski definition) is 8. The predicted octanol–water partition coefficient (Wildman–Crippen LogP) is 3.06. The molecule has 0 saturated carbocycles. The van der Waals surface area contributed by atoms with Gasteiger partial charge in [-0.2, -0.15) is 5.26 Å². The lowest BCUT2D eigenvalue weighted by Crippen LogP contribution is -2.71. The first-order chi connectivity index (χ1) is 20.5. The minimum atomic E-state index is -3.95. The van der Waals surface area contributed by atoms with E-state index >= 15 is 0 Å². The second-order valence-electron chi connectivity index (χ2n) is 9.86. The maximum absolute atomic E-state index is 12.6. The molecule has 4 aromatic rings. The van der Waals surface area contributed by atoms with Crippen molar-refractivity contribution in [2.45, 2.75) is 36.5 Å². The fraction of sp³-hybridized carbons (Fsp3) is 0.188. The highest BCUT2D eigenvalue weighted by Gasteiger charge is 2.69. The molecular weight excluding hydrogens is 554 g/mol. The van der Waals surface area contributed by atoms with E-state index in [0.717, 1.165) is 42.7 Å². The summed E-state index contributed by atoms with van der Waals surface area (Å²) in [6.45, 7) is 0. The smallest absolute Gasteiger partial charge is 0.348 e. The van der Waals surface area contributed by atoms with Crippen molar-refractivity contribution in [1.82, 2.24) is 9.55 Å². The second kappa shape index (κ2) is 12.6. The number of Topliss-reactive ketones (excluding diaryl/α,β-unsaturated/α-hetero) is 2. The Bertz CT molecular complexity index is 1610. The number of imidazole rings is 1. The Hall–Kier alpha value is -5.44. The van der Waals surface area contributed by atoms with Crippen LogP contribution in [0.25, 0.3) is 0 Å². The van der Waals surface area contributed by atoms with Crippen molar-refractivity contribution >= 4 is 23.5 Å². The summed E-state index contributed by atoms with van der Waals surface area (Å²) in [5, 5.41) is 48.7.